The van der Waals surface area contributed by atoms with Gasteiger partial charge in [-0.05, 0) is 5.92 Å². The molecule has 0 atom stereocenters. The Morgan fingerprint density at radius 1 is 0.157 bits per heavy atom. The van der Waals surface area contributed by atoms with E-state index in [0.29, 0.717) is 0 Å². The Morgan fingerprint density at radius 3 is 0.429 bits per heavy atom. The van der Waals surface area contributed by atoms with Gasteiger partial charge in [-0.1, -0.05) is 444 Å². The van der Waals surface area contributed by atoms with Crippen LogP contribution in [0.5, 0.6) is 0 Å². The van der Waals surface area contributed by atoms with Crippen LogP contribution in [0, 0.1) is 5.92 Å². The molecule has 420 valence electrons. The zero-order valence-corrected chi connectivity index (χ0v) is 49.7. The Hall–Kier alpha value is 0. The largest absolute Gasteiger partial charge is 0.0654 e. The smallest absolute Gasteiger partial charge is 0.0414 e. The molecule has 0 bridgehead atoms. The van der Waals surface area contributed by atoms with Crippen LogP contribution in [0.3, 0.4) is 0 Å². The van der Waals surface area contributed by atoms with Crippen LogP contribution in [0.4, 0.5) is 0 Å². The van der Waals surface area contributed by atoms with Crippen LogP contribution in [0.15, 0.2) is 0 Å². The molecule has 0 heteroatoms. The van der Waals surface area contributed by atoms with Crippen molar-refractivity contribution in [3.05, 3.63) is 0 Å². The highest BCUT2D eigenvalue weighted by Crippen LogP contribution is 2.28. The quantitative estimate of drug-likeness (QED) is 0.0533. The van der Waals surface area contributed by atoms with Gasteiger partial charge in [-0.3, -0.25) is 0 Å². The maximum Gasteiger partial charge on any atom is -0.0414 e. The molecular formula is C70H140. The first-order valence-corrected chi connectivity index (χ1v) is 34.9. The molecule has 0 spiro atoms. The van der Waals surface area contributed by atoms with Crippen molar-refractivity contribution in [2.75, 3.05) is 0 Å². The van der Waals surface area contributed by atoms with Crippen molar-refractivity contribution >= 4 is 0 Å². The Bertz CT molecular complexity index is 867. The Labute approximate surface area is 447 Å². The van der Waals surface area contributed by atoms with Gasteiger partial charge in [-0.15, -0.1) is 0 Å². The van der Waals surface area contributed by atoms with Crippen molar-refractivity contribution < 1.29 is 0 Å². The molecule has 70 heavy (non-hydrogen) atoms. The average Bonchev–Trinajstić information content (AvgIpc) is 3.38. The number of hydrogen-bond acceptors (Lipinski definition) is 0. The summed E-state index contributed by atoms with van der Waals surface area (Å²) in [5.41, 5.74) is 0. The van der Waals surface area contributed by atoms with E-state index in [-0.39, 0.29) is 0 Å². The molecule has 0 N–H and O–H groups in total. The lowest BCUT2D eigenvalue weighted by Gasteiger charge is -2.21. The topological polar surface area (TPSA) is 0 Å². The monoisotopic (exact) mass is 981 g/mol. The first kappa shape index (κ1) is 68.0. The molecule has 0 radical (unpaired) electrons. The first-order valence-electron chi connectivity index (χ1n) is 34.9. The predicted octanol–water partition coefficient (Wildman–Crippen LogP) is 27.2. The number of hydrogen-bond donors (Lipinski definition) is 0. The van der Waals surface area contributed by atoms with Gasteiger partial charge in [0.15, 0.2) is 0 Å². The molecule has 1 rings (SSSR count). The zero-order chi connectivity index (χ0) is 49.7. The van der Waals surface area contributed by atoms with Gasteiger partial charge in [0.2, 0.25) is 0 Å². The third kappa shape index (κ3) is 58.9. The van der Waals surface area contributed by atoms with Gasteiger partial charge >= 0.3 is 0 Å². The van der Waals surface area contributed by atoms with Crippen molar-refractivity contribution in [2.24, 2.45) is 5.92 Å². The minimum atomic E-state index is 1.10. The summed E-state index contributed by atoms with van der Waals surface area (Å²) in [6.07, 6.45) is 102. The molecular weight excluding hydrogens is 841 g/mol. The van der Waals surface area contributed by atoms with E-state index < -0.39 is 0 Å². The molecule has 0 nitrogen and oxygen atoms in total. The van der Waals surface area contributed by atoms with Crippen molar-refractivity contribution in [2.45, 2.75) is 444 Å². The average molecular weight is 982 g/mol. The normalized spacial score (nSPS) is 13.3. The summed E-state index contributed by atoms with van der Waals surface area (Å²) < 4.78 is 0. The lowest BCUT2D eigenvalue weighted by Crippen LogP contribution is -2.05. The number of rotatable bonds is 63. The molecule has 0 heterocycles. The van der Waals surface area contributed by atoms with Gasteiger partial charge in [0.25, 0.3) is 0 Å². The Morgan fingerprint density at radius 2 is 0.286 bits per heavy atom. The van der Waals surface area contributed by atoms with Crippen LogP contribution in [-0.2, 0) is 0 Å². The van der Waals surface area contributed by atoms with E-state index in [1.54, 1.807) is 19.3 Å². The molecule has 1 fully saturated rings. The van der Waals surface area contributed by atoms with E-state index in [9.17, 15) is 0 Å². The lowest BCUT2D eigenvalue weighted by molar-refractivity contribution is 0.328. The van der Waals surface area contributed by atoms with Crippen LogP contribution in [0.2, 0.25) is 0 Å². The molecule has 1 saturated carbocycles. The first-order chi connectivity index (χ1) is 34.9. The van der Waals surface area contributed by atoms with Gasteiger partial charge < -0.3 is 0 Å². The van der Waals surface area contributed by atoms with Gasteiger partial charge in [-0.2, -0.15) is 0 Å². The fraction of sp³-hybridized carbons (Fsp3) is 1.00. The summed E-state index contributed by atoms with van der Waals surface area (Å²) in [5.74, 6) is 1.10. The third-order valence-corrected chi connectivity index (χ3v) is 17.7. The van der Waals surface area contributed by atoms with E-state index in [2.05, 4.69) is 6.92 Å². The van der Waals surface area contributed by atoms with E-state index >= 15 is 0 Å². The van der Waals surface area contributed by atoms with Crippen molar-refractivity contribution in [3.8, 4) is 0 Å². The van der Waals surface area contributed by atoms with Crippen LogP contribution < -0.4 is 0 Å². The maximum absolute atomic E-state index is 2.32. The molecule has 0 aromatic carbocycles. The van der Waals surface area contributed by atoms with Gasteiger partial charge in [0.1, 0.15) is 0 Å². The second-order valence-electron chi connectivity index (χ2n) is 24.9. The molecule has 0 aromatic heterocycles. The second kappa shape index (κ2) is 63.3. The summed E-state index contributed by atoms with van der Waals surface area (Å²) in [7, 11) is 0. The standard InChI is InChI=1S/C70H140/c1-2-3-4-5-6-7-8-9-10-11-12-13-14-15-16-17-18-19-20-21-22-23-24-25-26-27-28-29-30-31-32-33-34-35-36-37-38-39-40-41-42-43-44-45-46-47-48-49-50-51-52-53-54-55-56-57-58-59-60-61-62-64-67-70-68-65-63-66-69-70/h70H,2-69H2,1H3. The van der Waals surface area contributed by atoms with Crippen molar-refractivity contribution in [3.63, 3.8) is 0 Å². The van der Waals surface area contributed by atoms with E-state index in [1.807, 2.05) is 0 Å². The molecule has 0 aromatic rings. The minimum Gasteiger partial charge on any atom is -0.0654 e. The van der Waals surface area contributed by atoms with Gasteiger partial charge in [0, 0.05) is 0 Å². The highest BCUT2D eigenvalue weighted by Gasteiger charge is 2.12. The van der Waals surface area contributed by atoms with Gasteiger partial charge in [0.05, 0.1) is 0 Å². The summed E-state index contributed by atoms with van der Waals surface area (Å²) in [6.45, 7) is 2.32. The Kier molecular flexibility index (Phi) is 61.5. The van der Waals surface area contributed by atoms with E-state index in [4.69, 9.17) is 0 Å². The van der Waals surface area contributed by atoms with Gasteiger partial charge in [-0.25, -0.2) is 0 Å². The Balaban J connectivity index is 1.58. The minimum absolute atomic E-state index is 1.10. The molecule has 0 amide bonds. The van der Waals surface area contributed by atoms with Crippen molar-refractivity contribution in [1.29, 1.82) is 0 Å². The highest BCUT2D eigenvalue weighted by molar-refractivity contribution is 4.66. The summed E-state index contributed by atoms with van der Waals surface area (Å²) in [5, 5.41) is 0. The molecule has 0 unspecified atom stereocenters. The fourth-order valence-corrected chi connectivity index (χ4v) is 12.6. The number of unbranched alkanes of at least 4 members (excludes halogenated alkanes) is 61. The summed E-state index contributed by atoms with van der Waals surface area (Å²) in [6, 6.07) is 0. The third-order valence-electron chi connectivity index (χ3n) is 17.7. The molecule has 0 saturated heterocycles. The van der Waals surface area contributed by atoms with E-state index in [0.717, 1.165) is 5.92 Å². The highest BCUT2D eigenvalue weighted by atomic mass is 14.2. The predicted molar refractivity (Wildman–Crippen MR) is 323 cm³/mol. The van der Waals surface area contributed by atoms with Crippen molar-refractivity contribution in [1.82, 2.24) is 0 Å². The second-order valence-corrected chi connectivity index (χ2v) is 24.9. The molecule has 1 aliphatic carbocycles. The van der Waals surface area contributed by atoms with Crippen LogP contribution in [0.1, 0.15) is 444 Å². The maximum atomic E-state index is 2.32. The van der Waals surface area contributed by atoms with Crippen LogP contribution in [0.25, 0.3) is 0 Å². The van der Waals surface area contributed by atoms with E-state index in [1.165, 1.54) is 417 Å². The SMILES string of the molecule is CCCCCCCCCCCCCCCCCCCCCCCCCCCCCCCCCCCCCCCCCCCCCCCCCCCCCCCCCCCCCCCCC1CCCCC1. The summed E-state index contributed by atoms with van der Waals surface area (Å²) in [4.78, 5) is 0. The van der Waals surface area contributed by atoms with Crippen LogP contribution in [-0.4, -0.2) is 0 Å². The fourth-order valence-electron chi connectivity index (χ4n) is 12.6. The zero-order valence-electron chi connectivity index (χ0n) is 49.7. The lowest BCUT2D eigenvalue weighted by atomic mass is 9.85. The molecule has 1 aliphatic rings. The summed E-state index contributed by atoms with van der Waals surface area (Å²) >= 11 is 0. The van der Waals surface area contributed by atoms with Crippen LogP contribution >= 0.6 is 0 Å². The molecule has 0 aliphatic heterocycles.